The third kappa shape index (κ3) is 4.26. The van der Waals surface area contributed by atoms with Crippen LogP contribution >= 0.6 is 0 Å². The fraction of sp³-hybridized carbons (Fsp3) is 0.300. The Hall–Kier alpha value is -2.73. The molecule has 1 aliphatic rings. The maximum atomic E-state index is 12.9. The highest BCUT2D eigenvalue weighted by atomic mass is 19.1. The summed E-state index contributed by atoms with van der Waals surface area (Å²) < 4.78 is 29.1. The number of rotatable bonds is 6. The number of halogens is 1. The number of aryl methyl sites for hydroxylation is 1. The number of hydrogen-bond donors (Lipinski definition) is 0. The second kappa shape index (κ2) is 7.25. The van der Waals surface area contributed by atoms with Crippen LogP contribution in [0.3, 0.4) is 0 Å². The molecule has 6 heteroatoms. The quantitative estimate of drug-likeness (QED) is 0.451. The minimum Gasteiger partial charge on any atom is -0.462 e. The first kappa shape index (κ1) is 18.1. The van der Waals surface area contributed by atoms with E-state index >= 15 is 0 Å². The molecule has 0 amide bonds. The Balaban J connectivity index is 1.67. The van der Waals surface area contributed by atoms with Crippen LogP contribution in [0.2, 0.25) is 0 Å². The van der Waals surface area contributed by atoms with Crippen molar-refractivity contribution in [1.82, 2.24) is 0 Å². The molecular formula is C20H19FO5. The lowest BCUT2D eigenvalue weighted by Gasteiger charge is -2.17. The number of carbonyl (C=O) groups is 2. The van der Waals surface area contributed by atoms with Crippen LogP contribution in [0.15, 0.2) is 42.5 Å². The van der Waals surface area contributed by atoms with E-state index in [-0.39, 0.29) is 18.8 Å². The summed E-state index contributed by atoms with van der Waals surface area (Å²) >= 11 is 0. The van der Waals surface area contributed by atoms with Crippen molar-refractivity contribution in [2.75, 3.05) is 13.2 Å². The van der Waals surface area contributed by atoms with Crippen LogP contribution in [0.1, 0.15) is 23.6 Å². The van der Waals surface area contributed by atoms with Gasteiger partial charge in [-0.1, -0.05) is 24.3 Å². The molecule has 136 valence electrons. The van der Waals surface area contributed by atoms with E-state index in [1.165, 1.54) is 19.1 Å². The van der Waals surface area contributed by atoms with Crippen LogP contribution in [-0.4, -0.2) is 25.2 Å². The average molecular weight is 358 g/mol. The highest BCUT2D eigenvalue weighted by molar-refractivity contribution is 5.73. The number of benzene rings is 2. The SMILES string of the molecule is CC(=O)Oc1cc(C)ccc1C1(COC(=O)Cc2ccc(F)cc2)CO1. The van der Waals surface area contributed by atoms with Crippen molar-refractivity contribution in [3.8, 4) is 5.75 Å². The molecule has 26 heavy (non-hydrogen) atoms. The molecule has 0 aliphatic carbocycles. The highest BCUT2D eigenvalue weighted by Crippen LogP contribution is 2.44. The maximum absolute atomic E-state index is 12.9. The molecule has 0 N–H and O–H groups in total. The molecule has 5 nitrogen and oxygen atoms in total. The molecule has 1 saturated heterocycles. The zero-order valence-corrected chi connectivity index (χ0v) is 14.6. The fourth-order valence-electron chi connectivity index (χ4n) is 2.67. The lowest BCUT2D eigenvalue weighted by atomic mass is 9.98. The fourth-order valence-corrected chi connectivity index (χ4v) is 2.67. The van der Waals surface area contributed by atoms with Crippen molar-refractivity contribution < 1.29 is 28.2 Å². The molecule has 1 aliphatic heterocycles. The van der Waals surface area contributed by atoms with Gasteiger partial charge in [0.2, 0.25) is 0 Å². The van der Waals surface area contributed by atoms with Crippen LogP contribution in [0.25, 0.3) is 0 Å². The first-order valence-corrected chi connectivity index (χ1v) is 8.21. The summed E-state index contributed by atoms with van der Waals surface area (Å²) in [5, 5.41) is 0. The van der Waals surface area contributed by atoms with Crippen molar-refractivity contribution in [3.63, 3.8) is 0 Å². The topological polar surface area (TPSA) is 65.1 Å². The van der Waals surface area contributed by atoms with E-state index in [1.54, 1.807) is 18.2 Å². The summed E-state index contributed by atoms with van der Waals surface area (Å²) in [7, 11) is 0. The van der Waals surface area contributed by atoms with E-state index in [0.29, 0.717) is 23.5 Å². The molecule has 1 heterocycles. The second-order valence-electron chi connectivity index (χ2n) is 6.34. The molecule has 0 radical (unpaired) electrons. The van der Waals surface area contributed by atoms with Crippen molar-refractivity contribution in [2.45, 2.75) is 25.9 Å². The Labute approximate surface area is 150 Å². The summed E-state index contributed by atoms with van der Waals surface area (Å²) in [5.74, 6) is -0.817. The molecular weight excluding hydrogens is 339 g/mol. The van der Waals surface area contributed by atoms with Crippen molar-refractivity contribution >= 4 is 11.9 Å². The molecule has 1 atom stereocenters. The summed E-state index contributed by atoms with van der Waals surface area (Å²) in [6.07, 6.45) is 0.0427. The summed E-state index contributed by atoms with van der Waals surface area (Å²) in [6.45, 7) is 3.60. The van der Waals surface area contributed by atoms with E-state index < -0.39 is 17.5 Å². The molecule has 3 rings (SSSR count). The van der Waals surface area contributed by atoms with E-state index in [9.17, 15) is 14.0 Å². The minimum absolute atomic E-state index is 0.0182. The monoisotopic (exact) mass is 358 g/mol. The molecule has 0 bridgehead atoms. The van der Waals surface area contributed by atoms with E-state index in [0.717, 1.165) is 5.56 Å². The van der Waals surface area contributed by atoms with Gasteiger partial charge in [-0.15, -0.1) is 0 Å². The van der Waals surface area contributed by atoms with Crippen LogP contribution in [-0.2, 0) is 31.1 Å². The predicted octanol–water partition coefficient (Wildman–Crippen LogP) is 3.07. The number of esters is 2. The largest absolute Gasteiger partial charge is 0.462 e. The van der Waals surface area contributed by atoms with Crippen LogP contribution in [0.5, 0.6) is 5.75 Å². The van der Waals surface area contributed by atoms with Gasteiger partial charge in [-0.05, 0) is 36.2 Å². The molecule has 2 aromatic carbocycles. The zero-order valence-electron chi connectivity index (χ0n) is 14.6. The molecule has 0 spiro atoms. The Bertz CT molecular complexity index is 825. The third-order valence-corrected chi connectivity index (χ3v) is 4.10. The Morgan fingerprint density at radius 1 is 1.19 bits per heavy atom. The summed E-state index contributed by atoms with van der Waals surface area (Å²) in [6, 6.07) is 11.1. The van der Waals surface area contributed by atoms with Gasteiger partial charge in [0.15, 0.2) is 5.60 Å². The third-order valence-electron chi connectivity index (χ3n) is 4.10. The van der Waals surface area contributed by atoms with Gasteiger partial charge in [0, 0.05) is 12.5 Å². The number of carbonyl (C=O) groups excluding carboxylic acids is 2. The Kier molecular flexibility index (Phi) is 5.04. The molecule has 0 saturated carbocycles. The van der Waals surface area contributed by atoms with Gasteiger partial charge in [0.05, 0.1) is 13.0 Å². The molecule has 0 aromatic heterocycles. The first-order chi connectivity index (χ1) is 12.4. The zero-order chi connectivity index (χ0) is 18.7. The van der Waals surface area contributed by atoms with Crippen molar-refractivity contribution in [3.05, 3.63) is 65.0 Å². The maximum Gasteiger partial charge on any atom is 0.310 e. The average Bonchev–Trinajstić information content (AvgIpc) is 3.36. The first-order valence-electron chi connectivity index (χ1n) is 8.21. The van der Waals surface area contributed by atoms with Crippen molar-refractivity contribution in [1.29, 1.82) is 0 Å². The Morgan fingerprint density at radius 2 is 1.88 bits per heavy atom. The van der Waals surface area contributed by atoms with E-state index in [4.69, 9.17) is 14.2 Å². The van der Waals surface area contributed by atoms with Gasteiger partial charge in [-0.25, -0.2) is 4.39 Å². The molecule has 1 unspecified atom stereocenters. The second-order valence-corrected chi connectivity index (χ2v) is 6.34. The van der Waals surface area contributed by atoms with Crippen molar-refractivity contribution in [2.24, 2.45) is 0 Å². The van der Waals surface area contributed by atoms with Crippen LogP contribution in [0, 0.1) is 12.7 Å². The van der Waals surface area contributed by atoms with Crippen LogP contribution in [0.4, 0.5) is 4.39 Å². The lowest BCUT2D eigenvalue weighted by Crippen LogP contribution is -2.22. The van der Waals surface area contributed by atoms with Crippen LogP contribution < -0.4 is 4.74 Å². The Morgan fingerprint density at radius 3 is 2.50 bits per heavy atom. The van der Waals surface area contributed by atoms with Gasteiger partial charge < -0.3 is 14.2 Å². The molecule has 2 aromatic rings. The standard InChI is InChI=1S/C20H19FO5/c1-13-3-8-17(18(9-13)26-14(2)22)20(12-25-20)11-24-19(23)10-15-4-6-16(21)7-5-15/h3-9H,10-12H2,1-2H3. The highest BCUT2D eigenvalue weighted by Gasteiger charge is 2.50. The molecule has 1 fully saturated rings. The van der Waals surface area contributed by atoms with Gasteiger partial charge in [-0.3, -0.25) is 9.59 Å². The van der Waals surface area contributed by atoms with Gasteiger partial charge >= 0.3 is 11.9 Å². The summed E-state index contributed by atoms with van der Waals surface area (Å²) in [4.78, 5) is 23.4. The number of hydrogen-bond acceptors (Lipinski definition) is 5. The minimum atomic E-state index is -0.795. The number of epoxide rings is 1. The normalized spacial score (nSPS) is 18.3. The summed E-state index contributed by atoms with van der Waals surface area (Å²) in [5.41, 5.74) is 1.48. The van der Waals surface area contributed by atoms with E-state index in [1.807, 2.05) is 19.1 Å². The van der Waals surface area contributed by atoms with Gasteiger partial charge in [0.25, 0.3) is 0 Å². The van der Waals surface area contributed by atoms with Gasteiger partial charge in [0.1, 0.15) is 18.2 Å². The smallest absolute Gasteiger partial charge is 0.310 e. The van der Waals surface area contributed by atoms with E-state index in [2.05, 4.69) is 0 Å². The van der Waals surface area contributed by atoms with Gasteiger partial charge in [-0.2, -0.15) is 0 Å². The lowest BCUT2D eigenvalue weighted by molar-refractivity contribution is -0.145. The predicted molar refractivity (Wildman–Crippen MR) is 91.2 cm³/mol. The number of ether oxygens (including phenoxy) is 3.